The Morgan fingerprint density at radius 3 is 2.42 bits per heavy atom. The van der Waals surface area contributed by atoms with Gasteiger partial charge in [-0.05, 0) is 26.7 Å². The van der Waals surface area contributed by atoms with Crippen molar-refractivity contribution in [2.24, 2.45) is 0 Å². The summed E-state index contributed by atoms with van der Waals surface area (Å²) in [5, 5.41) is 0.320. The van der Waals surface area contributed by atoms with E-state index in [1.165, 1.54) is 0 Å². The molecule has 0 aliphatic carbocycles. The molecule has 0 heterocycles. The van der Waals surface area contributed by atoms with Gasteiger partial charge < -0.3 is 4.43 Å². The SMILES string of the molecule is CCCC(Cl)[SiH2]OC(C)(C)CC. The van der Waals surface area contributed by atoms with Gasteiger partial charge in [-0.15, -0.1) is 11.6 Å². The van der Waals surface area contributed by atoms with E-state index in [4.69, 9.17) is 16.0 Å². The van der Waals surface area contributed by atoms with E-state index in [2.05, 4.69) is 27.7 Å². The summed E-state index contributed by atoms with van der Waals surface area (Å²) in [6.45, 7) is 8.58. The summed E-state index contributed by atoms with van der Waals surface area (Å²) in [4.78, 5) is 0. The van der Waals surface area contributed by atoms with Crippen LogP contribution in [0.3, 0.4) is 0 Å². The summed E-state index contributed by atoms with van der Waals surface area (Å²) in [6, 6.07) is 0. The van der Waals surface area contributed by atoms with Crippen LogP contribution in [0.2, 0.25) is 0 Å². The normalized spacial score (nSPS) is 15.8. The van der Waals surface area contributed by atoms with Gasteiger partial charge in [-0.2, -0.15) is 0 Å². The van der Waals surface area contributed by atoms with Gasteiger partial charge in [0.15, 0.2) is 9.76 Å². The van der Waals surface area contributed by atoms with Crippen LogP contribution in [0.25, 0.3) is 0 Å². The third-order valence-corrected chi connectivity index (χ3v) is 4.42. The molecular formula is C9H21ClOSi. The summed E-state index contributed by atoms with van der Waals surface area (Å²) >= 11 is 6.08. The first-order valence-electron chi connectivity index (χ1n) is 4.80. The van der Waals surface area contributed by atoms with Crippen molar-refractivity contribution in [2.45, 2.75) is 57.6 Å². The third kappa shape index (κ3) is 6.04. The average Bonchev–Trinajstić information content (AvgIpc) is 2.02. The van der Waals surface area contributed by atoms with E-state index in [1.807, 2.05) is 0 Å². The fourth-order valence-corrected chi connectivity index (χ4v) is 2.63. The van der Waals surface area contributed by atoms with Crippen molar-refractivity contribution in [1.82, 2.24) is 0 Å². The lowest BCUT2D eigenvalue weighted by atomic mass is 10.1. The molecule has 0 aliphatic rings. The standard InChI is InChI=1S/C9H21ClOSi/c1-5-7-8(10)12-11-9(3,4)6-2/h8H,5-7,12H2,1-4H3. The molecule has 0 radical (unpaired) electrons. The maximum absolute atomic E-state index is 6.08. The summed E-state index contributed by atoms with van der Waals surface area (Å²) in [5.41, 5.74) is 0.0487. The molecule has 0 saturated heterocycles. The van der Waals surface area contributed by atoms with Crippen LogP contribution in [0.15, 0.2) is 0 Å². The molecule has 0 fully saturated rings. The van der Waals surface area contributed by atoms with Crippen molar-refractivity contribution in [3.05, 3.63) is 0 Å². The minimum absolute atomic E-state index is 0.0487. The van der Waals surface area contributed by atoms with Crippen LogP contribution < -0.4 is 0 Å². The van der Waals surface area contributed by atoms with E-state index in [0.717, 1.165) is 19.3 Å². The molecule has 0 aromatic carbocycles. The molecular weight excluding hydrogens is 188 g/mol. The predicted molar refractivity (Wildman–Crippen MR) is 58.5 cm³/mol. The Morgan fingerprint density at radius 2 is 2.00 bits per heavy atom. The first-order chi connectivity index (χ1) is 5.52. The van der Waals surface area contributed by atoms with Gasteiger partial charge in [-0.1, -0.05) is 20.3 Å². The molecule has 0 amide bonds. The second kappa shape index (κ2) is 6.00. The van der Waals surface area contributed by atoms with Gasteiger partial charge in [0.25, 0.3) is 0 Å². The zero-order chi connectivity index (χ0) is 9.61. The molecule has 0 aromatic rings. The summed E-state index contributed by atoms with van der Waals surface area (Å²) in [7, 11) is -0.525. The minimum Gasteiger partial charge on any atom is -0.418 e. The van der Waals surface area contributed by atoms with Gasteiger partial charge in [-0.25, -0.2) is 0 Å². The van der Waals surface area contributed by atoms with E-state index in [9.17, 15) is 0 Å². The minimum atomic E-state index is -0.525. The van der Waals surface area contributed by atoms with Gasteiger partial charge in [-0.3, -0.25) is 0 Å². The molecule has 74 valence electrons. The Bertz CT molecular complexity index is 117. The molecule has 0 N–H and O–H groups in total. The molecule has 0 bridgehead atoms. The Hall–Kier alpha value is 0.467. The number of alkyl halides is 1. The molecule has 0 aliphatic heterocycles. The largest absolute Gasteiger partial charge is 0.418 e. The van der Waals surface area contributed by atoms with Crippen LogP contribution in [0, 0.1) is 0 Å². The first-order valence-corrected chi connectivity index (χ1v) is 6.63. The van der Waals surface area contributed by atoms with Gasteiger partial charge >= 0.3 is 0 Å². The molecule has 12 heavy (non-hydrogen) atoms. The van der Waals surface area contributed by atoms with Gasteiger partial charge in [0, 0.05) is 10.6 Å². The molecule has 1 nitrogen and oxygen atoms in total. The van der Waals surface area contributed by atoms with Crippen molar-refractivity contribution in [2.75, 3.05) is 0 Å². The Balaban J connectivity index is 3.52. The molecule has 0 spiro atoms. The van der Waals surface area contributed by atoms with Crippen LogP contribution >= 0.6 is 11.6 Å². The fraction of sp³-hybridized carbons (Fsp3) is 1.00. The third-order valence-electron chi connectivity index (χ3n) is 2.11. The molecule has 0 aromatic heterocycles. The van der Waals surface area contributed by atoms with Crippen LogP contribution in [-0.2, 0) is 4.43 Å². The van der Waals surface area contributed by atoms with Crippen molar-refractivity contribution in [1.29, 1.82) is 0 Å². The number of hydrogen-bond donors (Lipinski definition) is 0. The second-order valence-electron chi connectivity index (χ2n) is 3.81. The fourth-order valence-electron chi connectivity index (χ4n) is 0.815. The Morgan fingerprint density at radius 1 is 1.42 bits per heavy atom. The van der Waals surface area contributed by atoms with Crippen LogP contribution in [-0.4, -0.2) is 20.4 Å². The smallest absolute Gasteiger partial charge is 0.179 e. The maximum atomic E-state index is 6.08. The second-order valence-corrected chi connectivity index (χ2v) is 6.55. The molecule has 1 atom stereocenters. The van der Waals surface area contributed by atoms with Crippen LogP contribution in [0.5, 0.6) is 0 Å². The van der Waals surface area contributed by atoms with Crippen molar-refractivity contribution < 1.29 is 4.43 Å². The van der Waals surface area contributed by atoms with Crippen LogP contribution in [0.4, 0.5) is 0 Å². The van der Waals surface area contributed by atoms with Gasteiger partial charge in [0.2, 0.25) is 0 Å². The molecule has 3 heteroatoms. The van der Waals surface area contributed by atoms with Crippen molar-refractivity contribution >= 4 is 21.4 Å². The number of halogens is 1. The van der Waals surface area contributed by atoms with Gasteiger partial charge in [0.05, 0.1) is 0 Å². The average molecular weight is 209 g/mol. The highest BCUT2D eigenvalue weighted by atomic mass is 35.5. The monoisotopic (exact) mass is 208 g/mol. The maximum Gasteiger partial charge on any atom is 0.179 e. The number of hydrogen-bond acceptors (Lipinski definition) is 1. The quantitative estimate of drug-likeness (QED) is 0.482. The van der Waals surface area contributed by atoms with Crippen LogP contribution in [0.1, 0.15) is 47.0 Å². The highest BCUT2D eigenvalue weighted by molar-refractivity contribution is 6.48. The summed E-state index contributed by atoms with van der Waals surface area (Å²) < 4.78 is 5.80. The van der Waals surface area contributed by atoms with Crippen molar-refractivity contribution in [3.8, 4) is 0 Å². The van der Waals surface area contributed by atoms with E-state index >= 15 is 0 Å². The van der Waals surface area contributed by atoms with E-state index in [0.29, 0.717) is 5.00 Å². The Kier molecular flexibility index (Phi) is 6.24. The topological polar surface area (TPSA) is 9.23 Å². The van der Waals surface area contributed by atoms with E-state index < -0.39 is 9.76 Å². The van der Waals surface area contributed by atoms with E-state index in [1.54, 1.807) is 0 Å². The zero-order valence-corrected chi connectivity index (χ0v) is 10.9. The lowest BCUT2D eigenvalue weighted by Gasteiger charge is -2.25. The first kappa shape index (κ1) is 12.5. The highest BCUT2D eigenvalue weighted by Gasteiger charge is 2.16. The highest BCUT2D eigenvalue weighted by Crippen LogP contribution is 2.14. The summed E-state index contributed by atoms with van der Waals surface area (Å²) in [6.07, 6.45) is 3.33. The molecule has 0 rings (SSSR count). The number of rotatable bonds is 6. The molecule has 1 unspecified atom stereocenters. The lowest BCUT2D eigenvalue weighted by molar-refractivity contribution is 0.110. The van der Waals surface area contributed by atoms with Crippen molar-refractivity contribution in [3.63, 3.8) is 0 Å². The van der Waals surface area contributed by atoms with E-state index in [-0.39, 0.29) is 5.60 Å². The van der Waals surface area contributed by atoms with Gasteiger partial charge in [0.1, 0.15) is 0 Å². The predicted octanol–water partition coefficient (Wildman–Crippen LogP) is 2.64. The lowest BCUT2D eigenvalue weighted by Crippen LogP contribution is -2.29. The Labute approximate surface area is 83.8 Å². The zero-order valence-electron chi connectivity index (χ0n) is 8.69. The summed E-state index contributed by atoms with van der Waals surface area (Å²) in [5.74, 6) is 0. The molecule has 0 saturated carbocycles.